The first-order chi connectivity index (χ1) is 10.0. The Morgan fingerprint density at radius 3 is 2.57 bits per heavy atom. The standard InChI is InChI=1S/C17H17ClO3/c1-11(19)14(17(20)21-2)10-9-13-8-7-12-5-3-4-6-15(12)16(13)18/h3-8,14H,9-10H2,1-2H3. The second-order valence-electron chi connectivity index (χ2n) is 4.98. The largest absolute Gasteiger partial charge is 0.468 e. The van der Waals surface area contributed by atoms with E-state index in [1.165, 1.54) is 14.0 Å². The Hall–Kier alpha value is -1.87. The van der Waals surface area contributed by atoms with E-state index in [-0.39, 0.29) is 5.78 Å². The molecule has 0 heterocycles. The third kappa shape index (κ3) is 3.42. The average molecular weight is 305 g/mol. The van der Waals surface area contributed by atoms with Crippen LogP contribution >= 0.6 is 11.6 Å². The van der Waals surface area contributed by atoms with Crippen LogP contribution in [0.5, 0.6) is 0 Å². The zero-order chi connectivity index (χ0) is 15.4. The fraction of sp³-hybridized carbons (Fsp3) is 0.294. The Labute approximate surface area is 128 Å². The Bertz CT molecular complexity index is 679. The summed E-state index contributed by atoms with van der Waals surface area (Å²) in [7, 11) is 1.29. The van der Waals surface area contributed by atoms with Crippen LogP contribution < -0.4 is 0 Å². The summed E-state index contributed by atoms with van der Waals surface area (Å²) in [6.07, 6.45) is 0.961. The van der Waals surface area contributed by atoms with Gasteiger partial charge in [-0.3, -0.25) is 9.59 Å². The smallest absolute Gasteiger partial charge is 0.316 e. The normalized spacial score (nSPS) is 12.1. The van der Waals surface area contributed by atoms with Crippen molar-refractivity contribution in [3.05, 3.63) is 47.0 Å². The number of methoxy groups -OCH3 is 1. The molecule has 0 amide bonds. The molecular formula is C17H17ClO3. The van der Waals surface area contributed by atoms with Gasteiger partial charge >= 0.3 is 5.97 Å². The van der Waals surface area contributed by atoms with Crippen molar-refractivity contribution in [1.29, 1.82) is 0 Å². The topological polar surface area (TPSA) is 43.4 Å². The summed E-state index contributed by atoms with van der Waals surface area (Å²) in [5, 5.41) is 2.73. The van der Waals surface area contributed by atoms with E-state index in [2.05, 4.69) is 4.74 Å². The highest BCUT2D eigenvalue weighted by atomic mass is 35.5. The summed E-state index contributed by atoms with van der Waals surface area (Å²) in [6.45, 7) is 1.41. The van der Waals surface area contributed by atoms with Gasteiger partial charge in [-0.1, -0.05) is 48.0 Å². The molecule has 0 fully saturated rings. The fourth-order valence-electron chi connectivity index (χ4n) is 2.40. The molecule has 21 heavy (non-hydrogen) atoms. The number of hydrogen-bond acceptors (Lipinski definition) is 3. The molecule has 0 radical (unpaired) electrons. The van der Waals surface area contributed by atoms with E-state index in [0.29, 0.717) is 17.9 Å². The van der Waals surface area contributed by atoms with Gasteiger partial charge in [0.25, 0.3) is 0 Å². The van der Waals surface area contributed by atoms with E-state index in [9.17, 15) is 9.59 Å². The molecule has 2 aromatic rings. The number of benzene rings is 2. The second-order valence-corrected chi connectivity index (χ2v) is 5.36. The number of ether oxygens (including phenoxy) is 1. The maximum atomic E-state index is 11.6. The minimum absolute atomic E-state index is 0.182. The lowest BCUT2D eigenvalue weighted by Crippen LogP contribution is -2.23. The predicted molar refractivity (Wildman–Crippen MR) is 83.5 cm³/mol. The molecule has 0 saturated carbocycles. The summed E-state index contributed by atoms with van der Waals surface area (Å²) in [6, 6.07) is 11.8. The Kier molecular flexibility index (Phi) is 4.97. The molecule has 110 valence electrons. The lowest BCUT2D eigenvalue weighted by Gasteiger charge is -2.12. The Balaban J connectivity index is 2.22. The van der Waals surface area contributed by atoms with Crippen LogP contribution in [0.4, 0.5) is 0 Å². The summed E-state index contributed by atoms with van der Waals surface area (Å²) >= 11 is 6.42. The minimum atomic E-state index is -0.725. The molecule has 1 atom stereocenters. The fourth-order valence-corrected chi connectivity index (χ4v) is 2.73. The van der Waals surface area contributed by atoms with Gasteiger partial charge in [0.15, 0.2) is 0 Å². The molecular weight excluding hydrogens is 288 g/mol. The number of Topliss-reactive ketones (excluding diaryl/α,β-unsaturated/α-hetero) is 1. The number of fused-ring (bicyclic) bond motifs is 1. The van der Waals surface area contributed by atoms with Crippen molar-refractivity contribution in [2.45, 2.75) is 19.8 Å². The monoisotopic (exact) mass is 304 g/mol. The zero-order valence-electron chi connectivity index (χ0n) is 12.1. The van der Waals surface area contributed by atoms with E-state index in [4.69, 9.17) is 11.6 Å². The first-order valence-corrected chi connectivity index (χ1v) is 7.16. The SMILES string of the molecule is COC(=O)C(CCc1ccc2ccccc2c1Cl)C(C)=O. The number of aryl methyl sites for hydroxylation is 1. The predicted octanol–water partition coefficient (Wildman–Crippen LogP) is 3.80. The molecule has 0 aliphatic heterocycles. The lowest BCUT2D eigenvalue weighted by atomic mass is 9.95. The van der Waals surface area contributed by atoms with Crippen LogP contribution in [0.1, 0.15) is 18.9 Å². The molecule has 3 nitrogen and oxygen atoms in total. The summed E-state index contributed by atoms with van der Waals surface area (Å²) < 4.78 is 4.67. The van der Waals surface area contributed by atoms with Crippen molar-refractivity contribution < 1.29 is 14.3 Å². The van der Waals surface area contributed by atoms with Gasteiger partial charge in [-0.2, -0.15) is 0 Å². The molecule has 0 N–H and O–H groups in total. The van der Waals surface area contributed by atoms with E-state index in [1.807, 2.05) is 36.4 Å². The number of rotatable bonds is 5. The van der Waals surface area contributed by atoms with Crippen molar-refractivity contribution in [1.82, 2.24) is 0 Å². The molecule has 0 spiro atoms. The van der Waals surface area contributed by atoms with Crippen molar-refractivity contribution in [3.8, 4) is 0 Å². The Morgan fingerprint density at radius 2 is 1.90 bits per heavy atom. The Morgan fingerprint density at radius 1 is 1.19 bits per heavy atom. The van der Waals surface area contributed by atoms with E-state index in [1.54, 1.807) is 0 Å². The number of carbonyl (C=O) groups is 2. The molecule has 2 aromatic carbocycles. The molecule has 1 unspecified atom stereocenters. The van der Waals surface area contributed by atoms with Gasteiger partial charge < -0.3 is 4.74 Å². The number of hydrogen-bond donors (Lipinski definition) is 0. The first-order valence-electron chi connectivity index (χ1n) is 6.79. The number of carbonyl (C=O) groups excluding carboxylic acids is 2. The van der Waals surface area contributed by atoms with Gasteiger partial charge in [0.05, 0.1) is 12.1 Å². The van der Waals surface area contributed by atoms with Crippen LogP contribution in [-0.4, -0.2) is 18.9 Å². The summed E-state index contributed by atoms with van der Waals surface area (Å²) in [4.78, 5) is 23.1. The molecule has 0 bridgehead atoms. The average Bonchev–Trinajstić information content (AvgIpc) is 2.49. The molecule has 0 saturated heterocycles. The second kappa shape index (κ2) is 6.72. The van der Waals surface area contributed by atoms with Crippen molar-refractivity contribution >= 4 is 34.1 Å². The van der Waals surface area contributed by atoms with Crippen LogP contribution in [0, 0.1) is 5.92 Å². The van der Waals surface area contributed by atoms with Gasteiger partial charge in [0, 0.05) is 5.39 Å². The molecule has 4 heteroatoms. The lowest BCUT2D eigenvalue weighted by molar-refractivity contribution is -0.149. The van der Waals surface area contributed by atoms with Gasteiger partial charge in [-0.05, 0) is 30.7 Å². The third-order valence-corrected chi connectivity index (χ3v) is 4.07. The van der Waals surface area contributed by atoms with E-state index in [0.717, 1.165) is 16.3 Å². The molecule has 0 aliphatic carbocycles. The highest BCUT2D eigenvalue weighted by molar-refractivity contribution is 6.36. The maximum absolute atomic E-state index is 11.6. The maximum Gasteiger partial charge on any atom is 0.316 e. The van der Waals surface area contributed by atoms with Crippen LogP contribution in [-0.2, 0) is 20.7 Å². The van der Waals surface area contributed by atoms with E-state index < -0.39 is 11.9 Å². The van der Waals surface area contributed by atoms with Crippen LogP contribution in [0.2, 0.25) is 5.02 Å². The van der Waals surface area contributed by atoms with Crippen molar-refractivity contribution in [3.63, 3.8) is 0 Å². The van der Waals surface area contributed by atoms with Crippen molar-refractivity contribution in [2.24, 2.45) is 5.92 Å². The molecule has 0 aliphatic rings. The summed E-state index contributed by atoms with van der Waals surface area (Å²) in [5.41, 5.74) is 0.936. The number of ketones is 1. The molecule has 0 aromatic heterocycles. The first kappa shape index (κ1) is 15.5. The van der Waals surface area contributed by atoms with Gasteiger partial charge in [-0.25, -0.2) is 0 Å². The molecule has 2 rings (SSSR count). The third-order valence-electron chi connectivity index (χ3n) is 3.62. The highest BCUT2D eigenvalue weighted by Crippen LogP contribution is 2.28. The van der Waals surface area contributed by atoms with Gasteiger partial charge in [0.1, 0.15) is 11.7 Å². The van der Waals surface area contributed by atoms with Crippen LogP contribution in [0.3, 0.4) is 0 Å². The number of halogens is 1. The van der Waals surface area contributed by atoms with Crippen LogP contribution in [0.25, 0.3) is 10.8 Å². The van der Waals surface area contributed by atoms with Gasteiger partial charge in [0.2, 0.25) is 0 Å². The van der Waals surface area contributed by atoms with Crippen molar-refractivity contribution in [2.75, 3.05) is 7.11 Å². The van der Waals surface area contributed by atoms with Gasteiger partial charge in [-0.15, -0.1) is 0 Å². The van der Waals surface area contributed by atoms with Crippen LogP contribution in [0.15, 0.2) is 36.4 Å². The number of esters is 1. The quantitative estimate of drug-likeness (QED) is 0.623. The highest BCUT2D eigenvalue weighted by Gasteiger charge is 2.24. The minimum Gasteiger partial charge on any atom is -0.468 e. The summed E-state index contributed by atoms with van der Waals surface area (Å²) in [5.74, 6) is -1.39. The van der Waals surface area contributed by atoms with E-state index >= 15 is 0 Å². The zero-order valence-corrected chi connectivity index (χ0v) is 12.8.